The van der Waals surface area contributed by atoms with E-state index in [1.54, 1.807) is 62.6 Å². The van der Waals surface area contributed by atoms with E-state index in [9.17, 15) is 18.0 Å². The fourth-order valence-corrected chi connectivity index (χ4v) is 5.58. The van der Waals surface area contributed by atoms with Crippen molar-refractivity contribution in [3.8, 4) is 5.75 Å². The highest BCUT2D eigenvalue weighted by Crippen LogP contribution is 2.26. The molecule has 1 atom stereocenters. The number of hydrogen-bond acceptors (Lipinski definition) is 5. The van der Waals surface area contributed by atoms with Gasteiger partial charge in [0.05, 0.1) is 17.7 Å². The summed E-state index contributed by atoms with van der Waals surface area (Å²) < 4.78 is 34.3. The molecule has 0 aliphatic carbocycles. The van der Waals surface area contributed by atoms with E-state index in [-0.39, 0.29) is 17.3 Å². The molecular weight excluding hydrogens is 526 g/mol. The maximum absolute atomic E-state index is 14.0. The van der Waals surface area contributed by atoms with Crippen LogP contribution >= 0.6 is 0 Å². The first kappa shape index (κ1) is 30.7. The Morgan fingerprint density at radius 2 is 1.57 bits per heavy atom. The molecule has 1 N–H and O–H groups in total. The van der Waals surface area contributed by atoms with Gasteiger partial charge in [0.25, 0.3) is 10.0 Å². The van der Waals surface area contributed by atoms with Crippen molar-refractivity contribution in [2.24, 2.45) is 0 Å². The van der Waals surface area contributed by atoms with Crippen LogP contribution in [-0.4, -0.2) is 50.4 Å². The van der Waals surface area contributed by atoms with Crippen LogP contribution < -0.4 is 14.4 Å². The van der Waals surface area contributed by atoms with Gasteiger partial charge in [-0.05, 0) is 89.1 Å². The Labute approximate surface area is 238 Å². The maximum atomic E-state index is 14.0. The first-order chi connectivity index (χ1) is 18.7. The zero-order valence-electron chi connectivity index (χ0n) is 24.3. The zero-order chi connectivity index (χ0) is 29.7. The van der Waals surface area contributed by atoms with Gasteiger partial charge in [-0.15, -0.1) is 0 Å². The molecule has 214 valence electrons. The standard InChI is InChI=1S/C31H39N3O5S/c1-22-14-16-28(17-15-22)40(37,38)34(26-12-8-10-23(2)18-26)21-29(35)33(24(3)30(36)32-31(4,5)6)20-25-11-9-13-27(19-25)39-7/h8-19,24H,20-21H2,1-7H3,(H,32,36). The number of methoxy groups -OCH3 is 1. The molecule has 40 heavy (non-hydrogen) atoms. The number of nitrogens with zero attached hydrogens (tertiary/aromatic N) is 2. The second-order valence-corrected chi connectivity index (χ2v) is 12.8. The number of aryl methyl sites for hydroxylation is 2. The van der Waals surface area contributed by atoms with Crippen molar-refractivity contribution in [2.75, 3.05) is 18.0 Å². The molecular formula is C31H39N3O5S. The number of sulfonamides is 1. The maximum Gasteiger partial charge on any atom is 0.264 e. The molecule has 0 aromatic heterocycles. The molecule has 3 aromatic rings. The van der Waals surface area contributed by atoms with Crippen LogP contribution in [0.2, 0.25) is 0 Å². The van der Waals surface area contributed by atoms with Gasteiger partial charge in [-0.25, -0.2) is 8.42 Å². The van der Waals surface area contributed by atoms with Gasteiger partial charge in [-0.1, -0.05) is 42.0 Å². The van der Waals surface area contributed by atoms with E-state index in [0.29, 0.717) is 11.4 Å². The third-order valence-electron chi connectivity index (χ3n) is 6.33. The van der Waals surface area contributed by atoms with E-state index < -0.39 is 34.1 Å². The third-order valence-corrected chi connectivity index (χ3v) is 8.12. The summed E-state index contributed by atoms with van der Waals surface area (Å²) in [5.74, 6) is -0.246. The molecule has 0 spiro atoms. The molecule has 0 bridgehead atoms. The Hall–Kier alpha value is -3.85. The average molecular weight is 566 g/mol. The number of hydrogen-bond donors (Lipinski definition) is 1. The van der Waals surface area contributed by atoms with Crippen LogP contribution in [0.4, 0.5) is 5.69 Å². The van der Waals surface area contributed by atoms with Crippen LogP contribution in [0.1, 0.15) is 44.4 Å². The summed E-state index contributed by atoms with van der Waals surface area (Å²) in [6.07, 6.45) is 0. The lowest BCUT2D eigenvalue weighted by molar-refractivity contribution is -0.140. The van der Waals surface area contributed by atoms with Gasteiger partial charge in [-0.3, -0.25) is 13.9 Å². The van der Waals surface area contributed by atoms with Crippen molar-refractivity contribution < 1.29 is 22.7 Å². The lowest BCUT2D eigenvalue weighted by Crippen LogP contribution is -2.54. The molecule has 3 rings (SSSR count). The van der Waals surface area contributed by atoms with Crippen molar-refractivity contribution in [1.82, 2.24) is 10.2 Å². The number of rotatable bonds is 10. The van der Waals surface area contributed by atoms with Crippen LogP contribution in [0.15, 0.2) is 77.7 Å². The molecule has 0 saturated carbocycles. The Morgan fingerprint density at radius 1 is 0.925 bits per heavy atom. The lowest BCUT2D eigenvalue weighted by atomic mass is 10.1. The van der Waals surface area contributed by atoms with E-state index in [1.807, 2.05) is 46.8 Å². The van der Waals surface area contributed by atoms with Gasteiger partial charge in [0.1, 0.15) is 18.3 Å². The Kier molecular flexibility index (Phi) is 9.63. The van der Waals surface area contributed by atoms with E-state index >= 15 is 0 Å². The first-order valence-corrected chi connectivity index (χ1v) is 14.6. The van der Waals surface area contributed by atoms with Crippen molar-refractivity contribution >= 4 is 27.5 Å². The molecule has 0 fully saturated rings. The van der Waals surface area contributed by atoms with Crippen LogP contribution in [0.3, 0.4) is 0 Å². The van der Waals surface area contributed by atoms with Crippen LogP contribution in [-0.2, 0) is 26.2 Å². The smallest absolute Gasteiger partial charge is 0.264 e. The normalized spacial score (nSPS) is 12.4. The van der Waals surface area contributed by atoms with Crippen LogP contribution in [0.25, 0.3) is 0 Å². The number of nitrogens with one attached hydrogen (secondary N) is 1. The van der Waals surface area contributed by atoms with Crippen molar-refractivity contribution in [3.63, 3.8) is 0 Å². The number of ether oxygens (including phenoxy) is 1. The quantitative estimate of drug-likeness (QED) is 0.380. The average Bonchev–Trinajstić information content (AvgIpc) is 2.89. The largest absolute Gasteiger partial charge is 0.497 e. The number of benzene rings is 3. The third kappa shape index (κ3) is 7.85. The van der Waals surface area contributed by atoms with E-state index in [0.717, 1.165) is 21.0 Å². The molecule has 0 aliphatic heterocycles. The Bertz CT molecular complexity index is 1450. The van der Waals surface area contributed by atoms with Gasteiger partial charge < -0.3 is 15.0 Å². The highest BCUT2D eigenvalue weighted by Gasteiger charge is 2.33. The SMILES string of the molecule is COc1cccc(CN(C(=O)CN(c2cccc(C)c2)S(=O)(=O)c2ccc(C)cc2)C(C)C(=O)NC(C)(C)C)c1. The van der Waals surface area contributed by atoms with Gasteiger partial charge in [-0.2, -0.15) is 0 Å². The Balaban J connectivity index is 2.05. The minimum absolute atomic E-state index is 0.0743. The highest BCUT2D eigenvalue weighted by molar-refractivity contribution is 7.92. The fraction of sp³-hybridized carbons (Fsp3) is 0.355. The monoisotopic (exact) mass is 565 g/mol. The minimum Gasteiger partial charge on any atom is -0.497 e. The predicted octanol–water partition coefficient (Wildman–Crippen LogP) is 4.84. The van der Waals surface area contributed by atoms with Crippen molar-refractivity contribution in [1.29, 1.82) is 0 Å². The van der Waals surface area contributed by atoms with E-state index in [1.165, 1.54) is 17.0 Å². The number of carbonyl (C=O) groups is 2. The lowest BCUT2D eigenvalue weighted by Gasteiger charge is -2.33. The summed E-state index contributed by atoms with van der Waals surface area (Å²) in [7, 11) is -2.56. The summed E-state index contributed by atoms with van der Waals surface area (Å²) in [6, 6.07) is 19.8. The molecule has 0 heterocycles. The van der Waals surface area contributed by atoms with E-state index in [2.05, 4.69) is 5.32 Å². The van der Waals surface area contributed by atoms with Gasteiger partial charge >= 0.3 is 0 Å². The Morgan fingerprint density at radius 3 is 2.17 bits per heavy atom. The van der Waals surface area contributed by atoms with Gasteiger partial charge in [0.2, 0.25) is 11.8 Å². The first-order valence-electron chi connectivity index (χ1n) is 13.1. The number of amides is 2. The highest BCUT2D eigenvalue weighted by atomic mass is 32.2. The summed E-state index contributed by atoms with van der Waals surface area (Å²) in [4.78, 5) is 28.7. The van der Waals surface area contributed by atoms with Crippen molar-refractivity contribution in [3.05, 3.63) is 89.5 Å². The predicted molar refractivity (Wildman–Crippen MR) is 158 cm³/mol. The minimum atomic E-state index is -4.11. The number of carbonyl (C=O) groups excluding carboxylic acids is 2. The summed E-state index contributed by atoms with van der Waals surface area (Å²) in [5, 5.41) is 2.93. The summed E-state index contributed by atoms with van der Waals surface area (Å²) >= 11 is 0. The fourth-order valence-electron chi connectivity index (χ4n) is 4.17. The molecule has 1 unspecified atom stereocenters. The van der Waals surface area contributed by atoms with Crippen molar-refractivity contribution in [2.45, 2.75) is 64.6 Å². The van der Waals surface area contributed by atoms with E-state index in [4.69, 9.17) is 4.74 Å². The molecule has 8 nitrogen and oxygen atoms in total. The van der Waals surface area contributed by atoms with Gasteiger partial charge in [0.15, 0.2) is 0 Å². The second-order valence-electron chi connectivity index (χ2n) is 11.0. The zero-order valence-corrected chi connectivity index (χ0v) is 25.1. The van der Waals surface area contributed by atoms with Crippen LogP contribution in [0.5, 0.6) is 5.75 Å². The van der Waals surface area contributed by atoms with Gasteiger partial charge in [0, 0.05) is 12.1 Å². The molecule has 0 radical (unpaired) electrons. The second kappa shape index (κ2) is 12.6. The molecule has 3 aromatic carbocycles. The number of anilines is 1. The molecule has 0 saturated heterocycles. The molecule has 0 aliphatic rings. The molecule has 9 heteroatoms. The topological polar surface area (TPSA) is 96.0 Å². The summed E-state index contributed by atoms with van der Waals surface area (Å²) in [6.45, 7) is 10.6. The summed E-state index contributed by atoms with van der Waals surface area (Å²) in [5.41, 5.74) is 2.35. The molecule has 2 amide bonds. The van der Waals surface area contributed by atoms with Crippen LogP contribution in [0, 0.1) is 13.8 Å².